The van der Waals surface area contributed by atoms with Gasteiger partial charge in [0, 0.05) is 24.9 Å². The Hall–Kier alpha value is -2.66. The number of carbonyl (C=O) groups is 2. The van der Waals surface area contributed by atoms with E-state index in [9.17, 15) is 9.59 Å². The maximum atomic E-state index is 12.5. The van der Waals surface area contributed by atoms with Crippen LogP contribution in [0.5, 0.6) is 0 Å². The minimum absolute atomic E-state index is 0.0199. The van der Waals surface area contributed by atoms with Gasteiger partial charge in [0.1, 0.15) is 6.73 Å². The van der Waals surface area contributed by atoms with Crippen molar-refractivity contribution >= 4 is 23.2 Å². The summed E-state index contributed by atoms with van der Waals surface area (Å²) < 4.78 is 5.14. The molecule has 5 nitrogen and oxygen atoms in total. The summed E-state index contributed by atoms with van der Waals surface area (Å²) in [7, 11) is 1.58. The number of amides is 2. The zero-order valence-corrected chi connectivity index (χ0v) is 15.6. The first-order valence-electron chi connectivity index (χ1n) is 9.47. The van der Waals surface area contributed by atoms with Crippen molar-refractivity contribution in [3.05, 3.63) is 58.7 Å². The van der Waals surface area contributed by atoms with Gasteiger partial charge in [-0.2, -0.15) is 0 Å². The van der Waals surface area contributed by atoms with Gasteiger partial charge in [0.2, 0.25) is 11.8 Å². The molecule has 0 saturated heterocycles. The second kappa shape index (κ2) is 7.53. The number of methoxy groups -OCH3 is 1. The summed E-state index contributed by atoms with van der Waals surface area (Å²) in [5, 5.41) is 2.99. The van der Waals surface area contributed by atoms with Crippen LogP contribution in [0.2, 0.25) is 0 Å². The fraction of sp³-hybridized carbons (Fsp3) is 0.364. The van der Waals surface area contributed by atoms with E-state index in [0.29, 0.717) is 19.3 Å². The van der Waals surface area contributed by atoms with Gasteiger partial charge in [0.25, 0.3) is 0 Å². The molecule has 2 aliphatic rings. The number of hydrogen-bond donors (Lipinski definition) is 1. The number of rotatable bonds is 5. The maximum Gasteiger partial charge on any atom is 0.229 e. The quantitative estimate of drug-likeness (QED) is 0.886. The van der Waals surface area contributed by atoms with E-state index in [1.807, 2.05) is 18.2 Å². The summed E-state index contributed by atoms with van der Waals surface area (Å²) >= 11 is 0. The maximum absolute atomic E-state index is 12.5. The number of nitrogens with zero attached hydrogens (tertiary/aromatic N) is 1. The Kier molecular flexibility index (Phi) is 4.94. The molecule has 1 aliphatic heterocycles. The molecular weight excluding hydrogens is 340 g/mol. The number of carbonyl (C=O) groups excluding carboxylic acids is 2. The van der Waals surface area contributed by atoms with E-state index in [0.717, 1.165) is 35.3 Å². The molecule has 4 rings (SSSR count). The van der Waals surface area contributed by atoms with Gasteiger partial charge in [-0.3, -0.25) is 14.5 Å². The van der Waals surface area contributed by atoms with E-state index in [2.05, 4.69) is 23.5 Å². The molecule has 2 amide bonds. The van der Waals surface area contributed by atoms with Crippen molar-refractivity contribution in [1.82, 2.24) is 0 Å². The first kappa shape index (κ1) is 17.7. The molecule has 27 heavy (non-hydrogen) atoms. The van der Waals surface area contributed by atoms with Crippen molar-refractivity contribution in [3.8, 4) is 0 Å². The molecule has 0 fully saturated rings. The third kappa shape index (κ3) is 3.74. The van der Waals surface area contributed by atoms with E-state index in [-0.39, 0.29) is 18.5 Å². The molecule has 0 spiro atoms. The first-order valence-corrected chi connectivity index (χ1v) is 9.47. The van der Waals surface area contributed by atoms with Gasteiger partial charge < -0.3 is 10.1 Å². The molecule has 1 aliphatic carbocycles. The number of aryl methyl sites for hydroxylation is 3. The highest BCUT2D eigenvalue weighted by Gasteiger charge is 2.24. The van der Waals surface area contributed by atoms with E-state index in [1.165, 1.54) is 17.5 Å². The van der Waals surface area contributed by atoms with Crippen LogP contribution in [0.25, 0.3) is 0 Å². The van der Waals surface area contributed by atoms with E-state index in [1.54, 1.807) is 12.0 Å². The number of nitrogens with one attached hydrogen (secondary N) is 1. The number of benzene rings is 2. The lowest BCUT2D eigenvalue weighted by atomic mass is 10.0. The van der Waals surface area contributed by atoms with Crippen LogP contribution in [-0.4, -0.2) is 25.7 Å². The van der Waals surface area contributed by atoms with Crippen molar-refractivity contribution in [2.45, 2.75) is 38.5 Å². The number of anilines is 2. The third-order valence-electron chi connectivity index (χ3n) is 5.35. The van der Waals surface area contributed by atoms with Crippen molar-refractivity contribution in [3.63, 3.8) is 0 Å². The fourth-order valence-corrected chi connectivity index (χ4v) is 4.03. The van der Waals surface area contributed by atoms with Gasteiger partial charge >= 0.3 is 0 Å². The average Bonchev–Trinajstić information content (AvgIpc) is 3.12. The normalized spacial score (nSPS) is 15.4. The van der Waals surface area contributed by atoms with Crippen molar-refractivity contribution in [2.75, 3.05) is 24.1 Å². The highest BCUT2D eigenvalue weighted by Crippen LogP contribution is 2.30. The lowest BCUT2D eigenvalue weighted by Gasteiger charge is -2.29. The molecule has 2 aromatic rings. The molecule has 2 aromatic carbocycles. The Balaban J connectivity index is 1.45. The van der Waals surface area contributed by atoms with Gasteiger partial charge in [-0.15, -0.1) is 0 Å². The highest BCUT2D eigenvalue weighted by atomic mass is 16.5. The molecule has 0 bridgehead atoms. The average molecular weight is 364 g/mol. The molecule has 5 heteroatoms. The van der Waals surface area contributed by atoms with E-state index >= 15 is 0 Å². The molecular formula is C22H24N2O3. The van der Waals surface area contributed by atoms with Gasteiger partial charge in [-0.25, -0.2) is 0 Å². The number of ether oxygens (including phenoxy) is 1. The van der Waals surface area contributed by atoms with Gasteiger partial charge in [-0.1, -0.05) is 18.2 Å². The molecule has 0 radical (unpaired) electrons. The summed E-state index contributed by atoms with van der Waals surface area (Å²) in [6.07, 6.45) is 5.00. The van der Waals surface area contributed by atoms with E-state index in [4.69, 9.17) is 4.74 Å². The zero-order valence-electron chi connectivity index (χ0n) is 15.6. The largest absolute Gasteiger partial charge is 0.364 e. The topological polar surface area (TPSA) is 58.6 Å². The molecule has 0 atom stereocenters. The summed E-state index contributed by atoms with van der Waals surface area (Å²) in [6, 6.07) is 12.1. The van der Waals surface area contributed by atoms with E-state index < -0.39 is 0 Å². The number of hydrogen-bond acceptors (Lipinski definition) is 3. The zero-order chi connectivity index (χ0) is 18.8. The first-order chi connectivity index (χ1) is 13.1. The lowest BCUT2D eigenvalue weighted by molar-refractivity contribution is -0.120. The molecule has 140 valence electrons. The predicted octanol–water partition coefficient (Wildman–Crippen LogP) is 3.24. The fourth-order valence-electron chi connectivity index (χ4n) is 4.03. The number of fused-ring (bicyclic) bond motifs is 2. The summed E-state index contributed by atoms with van der Waals surface area (Å²) in [4.78, 5) is 26.2. The molecule has 0 saturated carbocycles. The van der Waals surface area contributed by atoms with Crippen LogP contribution in [0, 0.1) is 0 Å². The second-order valence-electron chi connectivity index (χ2n) is 7.26. The SMILES string of the molecule is COCN1C(=O)CCc2cc(NC(=O)Cc3ccc4c(c3)CCC4)ccc21. The molecule has 1 heterocycles. The lowest BCUT2D eigenvalue weighted by Crippen LogP contribution is -2.36. The predicted molar refractivity (Wildman–Crippen MR) is 105 cm³/mol. The van der Waals surface area contributed by atoms with Crippen molar-refractivity contribution in [2.24, 2.45) is 0 Å². The summed E-state index contributed by atoms with van der Waals surface area (Å²) in [5.74, 6) is 0.0475. The van der Waals surface area contributed by atoms with Crippen LogP contribution in [-0.2, 0) is 40.0 Å². The van der Waals surface area contributed by atoms with Gasteiger partial charge in [0.05, 0.1) is 6.42 Å². The summed E-state index contributed by atoms with van der Waals surface area (Å²) in [6.45, 7) is 0.246. The van der Waals surface area contributed by atoms with Crippen molar-refractivity contribution < 1.29 is 14.3 Å². The van der Waals surface area contributed by atoms with Crippen LogP contribution in [0.1, 0.15) is 35.1 Å². The summed E-state index contributed by atoms with van der Waals surface area (Å²) in [5.41, 5.74) is 6.56. The Bertz CT molecular complexity index is 891. The van der Waals surface area contributed by atoms with Crippen LogP contribution < -0.4 is 10.2 Å². The molecule has 0 unspecified atom stereocenters. The smallest absolute Gasteiger partial charge is 0.229 e. The van der Waals surface area contributed by atoms with Crippen LogP contribution in [0.4, 0.5) is 11.4 Å². The molecule has 0 aromatic heterocycles. The minimum atomic E-state index is -0.0199. The Morgan fingerprint density at radius 3 is 2.74 bits per heavy atom. The monoisotopic (exact) mass is 364 g/mol. The van der Waals surface area contributed by atoms with Crippen LogP contribution >= 0.6 is 0 Å². The third-order valence-corrected chi connectivity index (χ3v) is 5.35. The van der Waals surface area contributed by atoms with Crippen LogP contribution in [0.15, 0.2) is 36.4 Å². The van der Waals surface area contributed by atoms with Crippen LogP contribution in [0.3, 0.4) is 0 Å². The standard InChI is InChI=1S/C22H24N2O3/c1-27-14-24-20-9-8-19(13-18(20)7-10-22(24)26)23-21(25)12-15-5-6-16-3-2-4-17(16)11-15/h5-6,8-9,11,13H,2-4,7,10,12,14H2,1H3,(H,23,25). The minimum Gasteiger partial charge on any atom is -0.364 e. The van der Waals surface area contributed by atoms with Crippen molar-refractivity contribution in [1.29, 1.82) is 0 Å². The Morgan fingerprint density at radius 2 is 1.89 bits per heavy atom. The second-order valence-corrected chi connectivity index (χ2v) is 7.26. The van der Waals surface area contributed by atoms with Gasteiger partial charge in [-0.05, 0) is 66.1 Å². The molecule has 1 N–H and O–H groups in total. The highest BCUT2D eigenvalue weighted by molar-refractivity contribution is 5.97. The van der Waals surface area contributed by atoms with Gasteiger partial charge in [0.15, 0.2) is 0 Å². The Labute approximate surface area is 159 Å². The Morgan fingerprint density at radius 1 is 1.04 bits per heavy atom.